The van der Waals surface area contributed by atoms with Gasteiger partial charge in [0.25, 0.3) is 0 Å². The Kier molecular flexibility index (Phi) is 5.76. The van der Waals surface area contributed by atoms with Crippen molar-refractivity contribution >= 4 is 17.4 Å². The van der Waals surface area contributed by atoms with E-state index in [1.807, 2.05) is 6.92 Å². The number of hydrogen-bond acceptors (Lipinski definition) is 6. The van der Waals surface area contributed by atoms with Crippen LogP contribution >= 0.6 is 11.6 Å². The van der Waals surface area contributed by atoms with E-state index in [-0.39, 0.29) is 23.4 Å². The molecule has 5 rings (SSSR count). The SMILES string of the molecule is Cc1cc(F)cnc1[C@@H]1CCC[C@H]([C@]2(C)N=C3C=CC=C(N4CCN(C)CC4)N3C2Cl)N1. The summed E-state index contributed by atoms with van der Waals surface area (Å²) in [5.74, 6) is 1.79. The third kappa shape index (κ3) is 3.74. The zero-order valence-electron chi connectivity index (χ0n) is 19.1. The maximum Gasteiger partial charge on any atom is 0.141 e. The van der Waals surface area contributed by atoms with Crippen LogP contribution in [0.1, 0.15) is 43.5 Å². The van der Waals surface area contributed by atoms with Gasteiger partial charge in [0.1, 0.15) is 28.5 Å². The van der Waals surface area contributed by atoms with Crippen LogP contribution in [0.4, 0.5) is 4.39 Å². The molecule has 0 saturated carbocycles. The Morgan fingerprint density at radius 3 is 2.75 bits per heavy atom. The first kappa shape index (κ1) is 21.9. The van der Waals surface area contributed by atoms with E-state index in [9.17, 15) is 4.39 Å². The molecule has 0 aliphatic carbocycles. The number of pyridine rings is 1. The molecule has 8 heteroatoms. The van der Waals surface area contributed by atoms with Crippen LogP contribution in [0.25, 0.3) is 0 Å². The summed E-state index contributed by atoms with van der Waals surface area (Å²) in [6.07, 6.45) is 10.7. The normalized spacial score (nSPS) is 33.2. The summed E-state index contributed by atoms with van der Waals surface area (Å²) < 4.78 is 13.6. The fourth-order valence-electron chi connectivity index (χ4n) is 5.45. The van der Waals surface area contributed by atoms with Gasteiger partial charge in [0.15, 0.2) is 0 Å². The highest BCUT2D eigenvalue weighted by molar-refractivity contribution is 6.24. The minimum absolute atomic E-state index is 0.0797. The van der Waals surface area contributed by atoms with E-state index in [2.05, 4.69) is 57.2 Å². The van der Waals surface area contributed by atoms with Crippen LogP contribution in [0.2, 0.25) is 0 Å². The van der Waals surface area contributed by atoms with Crippen molar-refractivity contribution in [3.63, 3.8) is 0 Å². The quantitative estimate of drug-likeness (QED) is 0.555. The lowest BCUT2D eigenvalue weighted by atomic mass is 9.83. The summed E-state index contributed by atoms with van der Waals surface area (Å²) in [4.78, 5) is 16.6. The van der Waals surface area contributed by atoms with Gasteiger partial charge in [-0.25, -0.2) is 4.39 Å². The van der Waals surface area contributed by atoms with Gasteiger partial charge in [-0.2, -0.15) is 0 Å². The molecule has 0 spiro atoms. The lowest BCUT2D eigenvalue weighted by Crippen LogP contribution is -2.58. The molecule has 1 aromatic heterocycles. The predicted octanol–water partition coefficient (Wildman–Crippen LogP) is 3.41. The number of amidine groups is 1. The molecule has 4 atom stereocenters. The second kappa shape index (κ2) is 8.43. The van der Waals surface area contributed by atoms with Crippen molar-refractivity contribution in [3.05, 3.63) is 53.4 Å². The van der Waals surface area contributed by atoms with E-state index in [1.165, 1.54) is 6.20 Å². The van der Waals surface area contributed by atoms with Gasteiger partial charge in [-0.3, -0.25) is 14.9 Å². The number of halogens is 2. The molecule has 0 aromatic carbocycles. The fraction of sp³-hybridized carbons (Fsp3) is 0.583. The number of fused-ring (bicyclic) bond motifs is 1. The third-order valence-corrected chi connectivity index (χ3v) is 8.02. The fourth-order valence-corrected chi connectivity index (χ4v) is 5.85. The van der Waals surface area contributed by atoms with Crippen molar-refractivity contribution in [2.75, 3.05) is 33.2 Å². The number of piperidine rings is 1. The van der Waals surface area contributed by atoms with Gasteiger partial charge in [0.05, 0.1) is 17.9 Å². The molecule has 0 bridgehead atoms. The minimum Gasteiger partial charge on any atom is -0.355 e. The van der Waals surface area contributed by atoms with Crippen LogP contribution in [0, 0.1) is 12.7 Å². The zero-order valence-corrected chi connectivity index (χ0v) is 19.8. The van der Waals surface area contributed by atoms with Gasteiger partial charge < -0.3 is 15.1 Å². The first-order chi connectivity index (χ1) is 15.4. The minimum atomic E-state index is -0.482. The number of allylic oxidation sites excluding steroid dienone is 2. The molecule has 2 fully saturated rings. The Hall–Kier alpha value is -1.96. The van der Waals surface area contributed by atoms with E-state index >= 15 is 0 Å². The van der Waals surface area contributed by atoms with Crippen LogP contribution in [0.3, 0.4) is 0 Å². The maximum absolute atomic E-state index is 13.6. The van der Waals surface area contributed by atoms with E-state index in [4.69, 9.17) is 16.6 Å². The van der Waals surface area contributed by atoms with E-state index < -0.39 is 5.54 Å². The Morgan fingerprint density at radius 2 is 2.00 bits per heavy atom. The predicted molar refractivity (Wildman–Crippen MR) is 126 cm³/mol. The first-order valence-corrected chi connectivity index (χ1v) is 12.0. The van der Waals surface area contributed by atoms with E-state index in [0.717, 1.165) is 68.4 Å². The molecule has 1 N–H and O–H groups in total. The van der Waals surface area contributed by atoms with Crippen LogP contribution in [0.15, 0.2) is 41.3 Å². The molecule has 4 aliphatic rings. The zero-order chi connectivity index (χ0) is 22.5. The van der Waals surface area contributed by atoms with Crippen molar-refractivity contribution in [1.82, 2.24) is 25.0 Å². The number of alkyl halides is 1. The van der Waals surface area contributed by atoms with Crippen molar-refractivity contribution in [3.8, 4) is 0 Å². The molecule has 172 valence electrons. The monoisotopic (exact) mass is 458 g/mol. The van der Waals surface area contributed by atoms with Gasteiger partial charge in [-0.15, -0.1) is 0 Å². The lowest BCUT2D eigenvalue weighted by molar-refractivity contribution is 0.143. The summed E-state index contributed by atoms with van der Waals surface area (Å²) in [5.41, 5.74) is 1.04. The summed E-state index contributed by atoms with van der Waals surface area (Å²) in [6.45, 7) is 8.15. The summed E-state index contributed by atoms with van der Waals surface area (Å²) in [5, 5.41) is 3.79. The first-order valence-electron chi connectivity index (χ1n) is 11.6. The Balaban J connectivity index is 1.38. The number of nitrogens with one attached hydrogen (secondary N) is 1. The average Bonchev–Trinajstić information content (AvgIpc) is 3.06. The molecular weight excluding hydrogens is 427 g/mol. The standard InChI is InChI=1S/C24H32ClFN6/c1-16-14-17(26)15-27-22(16)18-6-4-7-19(28-18)24(2)23(25)32-20(29-24)8-5-9-21(32)31-12-10-30(3)11-13-31/h5,8-9,14-15,18-19,23,28H,4,6-7,10-13H2,1-3H3/t18-,19+,23?,24-/m0/s1. The maximum atomic E-state index is 13.6. The molecule has 0 radical (unpaired) electrons. The second-order valence-corrected chi connectivity index (χ2v) is 10.0. The summed E-state index contributed by atoms with van der Waals surface area (Å²) in [7, 11) is 2.17. The number of aryl methyl sites for hydroxylation is 1. The number of piperazine rings is 1. The van der Waals surface area contributed by atoms with E-state index in [1.54, 1.807) is 6.07 Å². The molecule has 32 heavy (non-hydrogen) atoms. The average molecular weight is 459 g/mol. The van der Waals surface area contributed by atoms with Gasteiger partial charge in [0.2, 0.25) is 0 Å². The Morgan fingerprint density at radius 1 is 1.22 bits per heavy atom. The van der Waals surface area contributed by atoms with Crippen LogP contribution in [-0.2, 0) is 0 Å². The number of hydrogen-bond donors (Lipinski definition) is 1. The van der Waals surface area contributed by atoms with Gasteiger partial charge in [-0.1, -0.05) is 17.7 Å². The van der Waals surface area contributed by atoms with Crippen molar-refractivity contribution < 1.29 is 4.39 Å². The van der Waals surface area contributed by atoms with Crippen molar-refractivity contribution in [1.29, 1.82) is 0 Å². The number of aromatic nitrogens is 1. The lowest BCUT2D eigenvalue weighted by Gasteiger charge is -2.44. The summed E-state index contributed by atoms with van der Waals surface area (Å²) in [6, 6.07) is 1.75. The highest BCUT2D eigenvalue weighted by Crippen LogP contribution is 2.42. The third-order valence-electron chi connectivity index (χ3n) is 7.38. The van der Waals surface area contributed by atoms with Crippen LogP contribution in [0.5, 0.6) is 0 Å². The largest absolute Gasteiger partial charge is 0.355 e. The Labute approximate surface area is 194 Å². The van der Waals surface area contributed by atoms with Crippen LogP contribution in [-0.4, -0.2) is 75.8 Å². The number of likely N-dealkylation sites (N-methyl/N-ethyl adjacent to an activating group) is 1. The molecule has 1 aromatic rings. The number of aliphatic imine (C=N–C) groups is 1. The second-order valence-electron chi connectivity index (χ2n) is 9.63. The van der Waals surface area contributed by atoms with E-state index in [0.29, 0.717) is 0 Å². The number of rotatable bonds is 3. The number of nitrogens with zero attached hydrogens (tertiary/aromatic N) is 5. The van der Waals surface area contributed by atoms with Gasteiger partial charge >= 0.3 is 0 Å². The molecule has 5 heterocycles. The van der Waals surface area contributed by atoms with Crippen molar-refractivity contribution in [2.24, 2.45) is 4.99 Å². The molecule has 2 saturated heterocycles. The molecule has 1 unspecified atom stereocenters. The Bertz CT molecular complexity index is 969. The van der Waals surface area contributed by atoms with Crippen molar-refractivity contribution in [2.45, 2.75) is 56.2 Å². The molecule has 0 amide bonds. The topological polar surface area (TPSA) is 47.0 Å². The smallest absolute Gasteiger partial charge is 0.141 e. The molecule has 6 nitrogen and oxygen atoms in total. The van der Waals surface area contributed by atoms with Gasteiger partial charge in [-0.05, 0) is 63.9 Å². The van der Waals surface area contributed by atoms with Gasteiger partial charge in [0, 0.05) is 32.2 Å². The summed E-state index contributed by atoms with van der Waals surface area (Å²) >= 11 is 7.21. The van der Waals surface area contributed by atoms with Crippen LogP contribution < -0.4 is 5.32 Å². The molecular formula is C24H32ClFN6. The highest BCUT2D eigenvalue weighted by Gasteiger charge is 2.52. The molecule has 4 aliphatic heterocycles. The highest BCUT2D eigenvalue weighted by atomic mass is 35.5.